The summed E-state index contributed by atoms with van der Waals surface area (Å²) >= 11 is 0. The second-order valence-corrected chi connectivity index (χ2v) is 6.82. The van der Waals surface area contributed by atoms with Crippen LogP contribution in [0.4, 0.5) is 0 Å². The molecule has 2 heteroatoms. The summed E-state index contributed by atoms with van der Waals surface area (Å²) in [5, 5.41) is 0. The molecule has 0 spiro atoms. The number of esters is 1. The smallest absolute Gasteiger partial charge is 0.305 e. The Labute approximate surface area is 119 Å². The molecule has 1 aliphatic heterocycles. The van der Waals surface area contributed by atoms with Crippen molar-refractivity contribution in [2.75, 3.05) is 6.61 Å². The van der Waals surface area contributed by atoms with Gasteiger partial charge in [0.05, 0.1) is 6.61 Å². The molecule has 0 aliphatic carbocycles. The Morgan fingerprint density at radius 1 is 0.789 bits per heavy atom. The molecule has 0 aromatic heterocycles. The van der Waals surface area contributed by atoms with Crippen molar-refractivity contribution in [3.05, 3.63) is 0 Å². The second kappa shape index (κ2) is 9.39. The van der Waals surface area contributed by atoms with Gasteiger partial charge in [-0.15, -0.1) is 0 Å². The largest absolute Gasteiger partial charge is 0.466 e. The van der Waals surface area contributed by atoms with Crippen molar-refractivity contribution in [2.24, 2.45) is 5.41 Å². The van der Waals surface area contributed by atoms with E-state index in [9.17, 15) is 4.79 Å². The van der Waals surface area contributed by atoms with Gasteiger partial charge in [-0.05, 0) is 24.7 Å². The summed E-state index contributed by atoms with van der Waals surface area (Å²) in [6, 6.07) is 0. The highest BCUT2D eigenvalue weighted by atomic mass is 16.5. The van der Waals surface area contributed by atoms with Crippen molar-refractivity contribution < 1.29 is 9.53 Å². The highest BCUT2D eigenvalue weighted by Gasteiger charge is 2.19. The number of ether oxygens (including phenoxy) is 1. The fraction of sp³-hybridized carbons (Fsp3) is 0.941. The number of rotatable bonds is 0. The van der Waals surface area contributed by atoms with Crippen LogP contribution in [0.2, 0.25) is 0 Å². The number of hydrogen-bond donors (Lipinski definition) is 0. The molecule has 19 heavy (non-hydrogen) atoms. The van der Waals surface area contributed by atoms with Crippen LogP contribution < -0.4 is 0 Å². The summed E-state index contributed by atoms with van der Waals surface area (Å²) in [7, 11) is 0. The molecule has 1 aliphatic rings. The van der Waals surface area contributed by atoms with E-state index in [1.54, 1.807) is 0 Å². The quantitative estimate of drug-likeness (QED) is 0.561. The van der Waals surface area contributed by atoms with E-state index in [-0.39, 0.29) is 11.4 Å². The summed E-state index contributed by atoms with van der Waals surface area (Å²) in [5.74, 6) is 0.000157. The van der Waals surface area contributed by atoms with Crippen LogP contribution >= 0.6 is 0 Å². The lowest BCUT2D eigenvalue weighted by atomic mass is 9.82. The second-order valence-electron chi connectivity index (χ2n) is 6.82. The number of cyclic esters (lactones) is 1. The van der Waals surface area contributed by atoms with Crippen molar-refractivity contribution in [3.8, 4) is 0 Å². The molecule has 1 saturated heterocycles. The van der Waals surface area contributed by atoms with E-state index in [1.807, 2.05) is 0 Å². The van der Waals surface area contributed by atoms with Gasteiger partial charge >= 0.3 is 5.97 Å². The van der Waals surface area contributed by atoms with Crippen LogP contribution in [0.1, 0.15) is 90.9 Å². The van der Waals surface area contributed by atoms with Gasteiger partial charge in [-0.1, -0.05) is 65.2 Å². The van der Waals surface area contributed by atoms with Crippen molar-refractivity contribution in [2.45, 2.75) is 90.9 Å². The predicted octanol–water partition coefficient (Wildman–Crippen LogP) is 5.25. The minimum absolute atomic E-state index is 0.000157. The molecule has 0 N–H and O–H groups in total. The molecule has 0 aromatic carbocycles. The highest BCUT2D eigenvalue weighted by Crippen LogP contribution is 2.29. The minimum atomic E-state index is 0.000157. The summed E-state index contributed by atoms with van der Waals surface area (Å²) in [6.45, 7) is 5.19. The first-order valence-electron chi connectivity index (χ1n) is 8.26. The summed E-state index contributed by atoms with van der Waals surface area (Å²) in [6.07, 6.45) is 14.5. The average Bonchev–Trinajstić information content (AvgIpc) is 2.36. The molecule has 1 heterocycles. The van der Waals surface area contributed by atoms with E-state index in [0.29, 0.717) is 13.0 Å². The van der Waals surface area contributed by atoms with Crippen LogP contribution in [-0.2, 0) is 9.53 Å². The van der Waals surface area contributed by atoms with Crippen molar-refractivity contribution in [1.82, 2.24) is 0 Å². The number of carbonyl (C=O) groups excluding carboxylic acids is 1. The monoisotopic (exact) mass is 268 g/mol. The van der Waals surface area contributed by atoms with Gasteiger partial charge in [0.15, 0.2) is 0 Å². The zero-order chi connectivity index (χ0) is 14.0. The fourth-order valence-electron chi connectivity index (χ4n) is 2.77. The standard InChI is InChI=1S/C17H32O2/c1-17(2)13-10-8-6-4-3-5-7-9-11-15-19-16(18)12-14-17/h3-15H2,1-2H3. The van der Waals surface area contributed by atoms with E-state index in [2.05, 4.69) is 13.8 Å². The third-order valence-electron chi connectivity index (χ3n) is 4.27. The molecular weight excluding hydrogens is 236 g/mol. The van der Waals surface area contributed by atoms with Gasteiger partial charge in [0.1, 0.15) is 0 Å². The predicted molar refractivity (Wildman–Crippen MR) is 80.1 cm³/mol. The van der Waals surface area contributed by atoms with Crippen LogP contribution in [0.3, 0.4) is 0 Å². The zero-order valence-corrected chi connectivity index (χ0v) is 13.0. The molecule has 0 bridgehead atoms. The Kier molecular flexibility index (Phi) is 8.16. The molecular formula is C17H32O2. The molecule has 0 atom stereocenters. The fourth-order valence-corrected chi connectivity index (χ4v) is 2.77. The van der Waals surface area contributed by atoms with Crippen molar-refractivity contribution in [3.63, 3.8) is 0 Å². The Bertz CT molecular complexity index is 246. The van der Waals surface area contributed by atoms with Gasteiger partial charge < -0.3 is 4.74 Å². The first-order chi connectivity index (χ1) is 9.10. The Morgan fingerprint density at radius 2 is 1.32 bits per heavy atom. The van der Waals surface area contributed by atoms with E-state index < -0.39 is 0 Å². The Morgan fingerprint density at radius 3 is 1.95 bits per heavy atom. The molecule has 2 nitrogen and oxygen atoms in total. The number of hydrogen-bond acceptors (Lipinski definition) is 2. The van der Waals surface area contributed by atoms with Gasteiger partial charge in [-0.25, -0.2) is 0 Å². The normalized spacial score (nSPS) is 24.6. The molecule has 0 radical (unpaired) electrons. The third kappa shape index (κ3) is 9.07. The lowest BCUT2D eigenvalue weighted by Crippen LogP contribution is -2.15. The molecule has 112 valence electrons. The first-order valence-corrected chi connectivity index (χ1v) is 8.26. The minimum Gasteiger partial charge on any atom is -0.466 e. The van der Waals surface area contributed by atoms with Gasteiger partial charge in [0.25, 0.3) is 0 Å². The summed E-state index contributed by atoms with van der Waals surface area (Å²) in [4.78, 5) is 11.6. The number of carbonyl (C=O) groups is 1. The van der Waals surface area contributed by atoms with Crippen LogP contribution in [0.25, 0.3) is 0 Å². The first kappa shape index (κ1) is 16.5. The maximum absolute atomic E-state index is 11.6. The van der Waals surface area contributed by atoms with Gasteiger partial charge in [0, 0.05) is 6.42 Å². The van der Waals surface area contributed by atoms with Gasteiger partial charge in [-0.3, -0.25) is 4.79 Å². The third-order valence-corrected chi connectivity index (χ3v) is 4.27. The van der Waals surface area contributed by atoms with Crippen molar-refractivity contribution in [1.29, 1.82) is 0 Å². The van der Waals surface area contributed by atoms with E-state index in [1.165, 1.54) is 57.8 Å². The lowest BCUT2D eigenvalue weighted by Gasteiger charge is -2.24. The summed E-state index contributed by atoms with van der Waals surface area (Å²) < 4.78 is 5.30. The van der Waals surface area contributed by atoms with E-state index in [0.717, 1.165) is 12.8 Å². The SMILES string of the molecule is CC1(C)CCCCCCCCCCCOC(=O)CC1. The molecule has 1 fully saturated rings. The molecule has 0 saturated carbocycles. The topological polar surface area (TPSA) is 26.3 Å². The highest BCUT2D eigenvalue weighted by molar-refractivity contribution is 5.69. The molecule has 0 amide bonds. The lowest BCUT2D eigenvalue weighted by molar-refractivity contribution is -0.144. The zero-order valence-electron chi connectivity index (χ0n) is 13.0. The molecule has 0 unspecified atom stereocenters. The summed E-state index contributed by atoms with van der Waals surface area (Å²) in [5.41, 5.74) is 0.288. The molecule has 0 aromatic rings. The van der Waals surface area contributed by atoms with Crippen LogP contribution in [0.15, 0.2) is 0 Å². The van der Waals surface area contributed by atoms with Crippen molar-refractivity contribution >= 4 is 5.97 Å². The Hall–Kier alpha value is -0.530. The maximum atomic E-state index is 11.6. The van der Waals surface area contributed by atoms with E-state index >= 15 is 0 Å². The van der Waals surface area contributed by atoms with Gasteiger partial charge in [0.2, 0.25) is 0 Å². The van der Waals surface area contributed by atoms with Crippen LogP contribution in [0, 0.1) is 5.41 Å². The van der Waals surface area contributed by atoms with Gasteiger partial charge in [-0.2, -0.15) is 0 Å². The Balaban J connectivity index is 2.32. The van der Waals surface area contributed by atoms with Crippen LogP contribution in [-0.4, -0.2) is 12.6 Å². The molecule has 1 rings (SSSR count). The van der Waals surface area contributed by atoms with E-state index in [4.69, 9.17) is 4.74 Å². The maximum Gasteiger partial charge on any atom is 0.305 e. The van der Waals surface area contributed by atoms with Crippen LogP contribution in [0.5, 0.6) is 0 Å². The average molecular weight is 268 g/mol.